The molecule has 0 unspecified atom stereocenters. The predicted molar refractivity (Wildman–Crippen MR) is 166 cm³/mol. The third-order valence-electron chi connectivity index (χ3n) is 6.47. The topological polar surface area (TPSA) is 98.9 Å². The standard InChI is InChI=1S/C29H24Cl2F3N5O3S2/c1-44(41,42)35-13-2-14-43-22-10-8-21(9-11-22)39-26(23-12-7-20(30)15-24(23)31)16-25-27(37-39)28(40)38(36-25)17-18-3-5-19(6-4-18)29(32,33)34/h3-12,15-16,35H,2,13-14,17H2,1H3. The maximum atomic E-state index is 13.3. The second-order valence-corrected chi connectivity index (χ2v) is 13.7. The summed E-state index contributed by atoms with van der Waals surface area (Å²) < 4.78 is 66.6. The lowest BCUT2D eigenvalue weighted by molar-refractivity contribution is -0.137. The van der Waals surface area contributed by atoms with Crippen LogP contribution in [0.3, 0.4) is 0 Å². The van der Waals surface area contributed by atoms with Gasteiger partial charge in [-0.05, 0) is 78.4 Å². The van der Waals surface area contributed by atoms with E-state index in [0.29, 0.717) is 51.3 Å². The highest BCUT2D eigenvalue weighted by Gasteiger charge is 2.30. The summed E-state index contributed by atoms with van der Waals surface area (Å²) in [6.45, 7) is 0.301. The van der Waals surface area contributed by atoms with E-state index in [1.165, 1.54) is 12.1 Å². The number of hydrogen-bond donors (Lipinski definition) is 1. The van der Waals surface area contributed by atoms with Gasteiger partial charge in [0.2, 0.25) is 10.0 Å². The minimum Gasteiger partial charge on any atom is -0.265 e. The van der Waals surface area contributed by atoms with Gasteiger partial charge in [0.15, 0.2) is 5.69 Å². The predicted octanol–water partition coefficient (Wildman–Crippen LogP) is 6.61. The van der Waals surface area contributed by atoms with Gasteiger partial charge in [-0.15, -0.1) is 11.8 Å². The van der Waals surface area contributed by atoms with Crippen LogP contribution in [0.25, 0.3) is 28.3 Å². The Kier molecular flexibility index (Phi) is 9.42. The van der Waals surface area contributed by atoms with E-state index in [-0.39, 0.29) is 17.9 Å². The second kappa shape index (κ2) is 12.9. The van der Waals surface area contributed by atoms with Crippen LogP contribution in [0, 0.1) is 0 Å². The van der Waals surface area contributed by atoms with E-state index in [9.17, 15) is 26.4 Å². The van der Waals surface area contributed by atoms with Crippen molar-refractivity contribution in [2.24, 2.45) is 0 Å². The number of alkyl halides is 3. The van der Waals surface area contributed by atoms with Crippen molar-refractivity contribution in [1.82, 2.24) is 24.3 Å². The van der Waals surface area contributed by atoms with Gasteiger partial charge in [-0.1, -0.05) is 35.3 Å². The van der Waals surface area contributed by atoms with Crippen molar-refractivity contribution in [3.05, 3.63) is 104 Å². The third kappa shape index (κ3) is 7.64. The van der Waals surface area contributed by atoms with E-state index < -0.39 is 27.3 Å². The molecule has 0 aliphatic carbocycles. The zero-order valence-corrected chi connectivity index (χ0v) is 26.1. The summed E-state index contributed by atoms with van der Waals surface area (Å²) in [5.74, 6) is 0.697. The summed E-state index contributed by atoms with van der Waals surface area (Å²) in [6, 6.07) is 18.7. The van der Waals surface area contributed by atoms with Crippen molar-refractivity contribution in [3.63, 3.8) is 0 Å². The number of aromatic nitrogens is 4. The van der Waals surface area contributed by atoms with Gasteiger partial charge < -0.3 is 0 Å². The molecule has 0 saturated carbocycles. The Balaban J connectivity index is 1.48. The summed E-state index contributed by atoms with van der Waals surface area (Å²) in [6.07, 6.45) is -2.70. The molecule has 2 aliphatic rings. The van der Waals surface area contributed by atoms with Crippen LogP contribution in [-0.2, 0) is 22.7 Å². The van der Waals surface area contributed by atoms with E-state index in [1.54, 1.807) is 40.7 Å². The molecule has 3 aromatic rings. The van der Waals surface area contributed by atoms with Crippen molar-refractivity contribution >= 4 is 45.0 Å². The fourth-order valence-electron chi connectivity index (χ4n) is 4.36. The summed E-state index contributed by atoms with van der Waals surface area (Å²) in [4.78, 5) is 14.3. The molecule has 0 spiro atoms. The van der Waals surface area contributed by atoms with Crippen LogP contribution in [0.2, 0.25) is 10.0 Å². The zero-order chi connectivity index (χ0) is 31.6. The summed E-state index contributed by atoms with van der Waals surface area (Å²) in [7, 11) is -3.23. The number of fused-ring (bicyclic) bond motifs is 1. The van der Waals surface area contributed by atoms with Crippen molar-refractivity contribution < 1.29 is 21.6 Å². The smallest absolute Gasteiger partial charge is 0.265 e. The molecule has 5 rings (SSSR count). The van der Waals surface area contributed by atoms with E-state index in [2.05, 4.69) is 14.9 Å². The lowest BCUT2D eigenvalue weighted by Gasteiger charge is -2.16. The van der Waals surface area contributed by atoms with Gasteiger partial charge in [0.1, 0.15) is 5.69 Å². The normalized spacial score (nSPS) is 12.2. The second-order valence-electron chi connectivity index (χ2n) is 9.82. The molecule has 44 heavy (non-hydrogen) atoms. The molecule has 0 radical (unpaired) electrons. The van der Waals surface area contributed by atoms with Crippen molar-refractivity contribution in [2.75, 3.05) is 18.6 Å². The number of sulfonamides is 1. The number of nitrogens with zero attached hydrogens (tertiary/aromatic N) is 4. The molecule has 0 amide bonds. The fraction of sp³-hybridized carbons (Fsp3) is 0.207. The first-order chi connectivity index (χ1) is 20.8. The Morgan fingerprint density at radius 2 is 1.66 bits per heavy atom. The van der Waals surface area contributed by atoms with E-state index >= 15 is 0 Å². The number of thioether (sulfide) groups is 1. The number of halogens is 5. The number of nitrogens with one attached hydrogen (secondary N) is 1. The quantitative estimate of drug-likeness (QED) is 0.132. The van der Waals surface area contributed by atoms with Crippen molar-refractivity contribution in [2.45, 2.75) is 24.0 Å². The van der Waals surface area contributed by atoms with Gasteiger partial charge in [-0.2, -0.15) is 23.4 Å². The Morgan fingerprint density at radius 3 is 2.30 bits per heavy atom. The number of benzene rings is 3. The van der Waals surface area contributed by atoms with Crippen LogP contribution >= 0.6 is 35.0 Å². The van der Waals surface area contributed by atoms with Gasteiger partial charge in [0.25, 0.3) is 5.56 Å². The summed E-state index contributed by atoms with van der Waals surface area (Å²) in [5, 5.41) is 9.85. The molecule has 2 aliphatic heterocycles. The molecule has 0 bridgehead atoms. The average Bonchev–Trinajstić information content (AvgIpc) is 3.25. The highest BCUT2D eigenvalue weighted by atomic mass is 35.5. The molecule has 2 heterocycles. The first-order valence-corrected chi connectivity index (χ1v) is 16.7. The molecule has 0 saturated heterocycles. The Labute approximate surface area is 265 Å². The Morgan fingerprint density at radius 1 is 0.955 bits per heavy atom. The van der Waals surface area contributed by atoms with Crippen LogP contribution < -0.4 is 10.3 Å². The zero-order valence-electron chi connectivity index (χ0n) is 23.0. The lowest BCUT2D eigenvalue weighted by Crippen LogP contribution is -2.23. The fourth-order valence-corrected chi connectivity index (χ4v) is 6.23. The molecule has 8 nitrogen and oxygen atoms in total. The minimum absolute atomic E-state index is 0.0456. The highest BCUT2D eigenvalue weighted by Crippen LogP contribution is 2.34. The van der Waals surface area contributed by atoms with E-state index in [1.807, 2.05) is 24.3 Å². The Hall–Kier alpha value is -3.36. The minimum atomic E-state index is -4.46. The van der Waals surface area contributed by atoms with Crippen LogP contribution in [0.5, 0.6) is 0 Å². The SMILES string of the molecule is CS(=O)(=O)NCCCSc1ccc(-n2nc3c(=O)n(Cc4ccc(C(F)(F)F)cc4)nc-3cc2-c2ccc(Cl)cc2Cl)cc1. The van der Waals surface area contributed by atoms with Crippen LogP contribution in [0.15, 0.2) is 82.5 Å². The first-order valence-electron chi connectivity index (χ1n) is 13.1. The van der Waals surface area contributed by atoms with Crippen molar-refractivity contribution in [1.29, 1.82) is 0 Å². The first kappa shape index (κ1) is 32.0. The molecule has 3 aromatic carbocycles. The van der Waals surface area contributed by atoms with E-state index in [4.69, 9.17) is 23.2 Å². The van der Waals surface area contributed by atoms with Gasteiger partial charge >= 0.3 is 6.18 Å². The lowest BCUT2D eigenvalue weighted by atomic mass is 10.1. The highest BCUT2D eigenvalue weighted by molar-refractivity contribution is 7.99. The van der Waals surface area contributed by atoms with Crippen molar-refractivity contribution in [3.8, 4) is 28.3 Å². The van der Waals surface area contributed by atoms with Gasteiger partial charge in [0.05, 0.1) is 34.8 Å². The molecule has 1 N–H and O–H groups in total. The third-order valence-corrected chi connectivity index (χ3v) is 8.84. The molecule has 15 heteroatoms. The van der Waals surface area contributed by atoms with Gasteiger partial charge in [-0.25, -0.2) is 22.5 Å². The van der Waals surface area contributed by atoms with Crippen LogP contribution in [0.1, 0.15) is 17.5 Å². The number of hydrogen-bond acceptors (Lipinski definition) is 6. The summed E-state index contributed by atoms with van der Waals surface area (Å²) >= 11 is 14.3. The van der Waals surface area contributed by atoms with Crippen LogP contribution in [-0.4, -0.2) is 46.5 Å². The maximum absolute atomic E-state index is 13.3. The van der Waals surface area contributed by atoms with E-state index in [0.717, 1.165) is 28.0 Å². The maximum Gasteiger partial charge on any atom is 0.416 e. The molecular weight excluding hydrogens is 658 g/mol. The van der Waals surface area contributed by atoms with Gasteiger partial charge in [0, 0.05) is 22.0 Å². The number of rotatable bonds is 10. The molecule has 0 atom stereocenters. The molecule has 0 fully saturated rings. The average molecular weight is 683 g/mol. The molecule has 0 aromatic heterocycles. The summed E-state index contributed by atoms with van der Waals surface area (Å²) in [5.41, 5.74) is 1.30. The van der Waals surface area contributed by atoms with Crippen LogP contribution in [0.4, 0.5) is 13.2 Å². The molecular formula is C29H24Cl2F3N5O3S2. The monoisotopic (exact) mass is 681 g/mol. The molecule has 230 valence electrons. The van der Waals surface area contributed by atoms with Gasteiger partial charge in [-0.3, -0.25) is 4.79 Å². The largest absolute Gasteiger partial charge is 0.416 e. The Bertz CT molecular complexity index is 1930.